The zero-order valence-electron chi connectivity index (χ0n) is 22.8. The quantitative estimate of drug-likeness (QED) is 0.430. The maximum Gasteiger partial charge on any atom is 0.264 e. The fourth-order valence-corrected chi connectivity index (χ4v) is 8.28. The molecule has 4 aliphatic rings. The molecule has 0 unspecified atom stereocenters. The molecule has 10 heteroatoms. The van der Waals surface area contributed by atoms with Crippen molar-refractivity contribution in [1.29, 1.82) is 5.26 Å². The Morgan fingerprint density at radius 3 is 2.80 bits per heavy atom. The number of aliphatic hydroxyl groups is 1. The van der Waals surface area contributed by atoms with Crippen LogP contribution >= 0.6 is 11.6 Å². The van der Waals surface area contributed by atoms with Crippen LogP contribution in [0.4, 0.5) is 5.69 Å². The first-order chi connectivity index (χ1) is 19.7. The summed E-state index contributed by atoms with van der Waals surface area (Å²) >= 11 is 6.36. The number of aliphatic hydroxyl groups excluding tert-OH is 1. The Morgan fingerprint density at radius 2 is 2.02 bits per heavy atom. The van der Waals surface area contributed by atoms with E-state index in [1.807, 2.05) is 18.2 Å². The molecule has 2 N–H and O–H groups in total. The summed E-state index contributed by atoms with van der Waals surface area (Å²) in [6.45, 7) is 1.80. The van der Waals surface area contributed by atoms with E-state index < -0.39 is 27.3 Å². The fraction of sp³-hybridized carbons (Fsp3) is 0.484. The number of hydrogen-bond acceptors (Lipinski definition) is 7. The molecule has 0 aromatic heterocycles. The summed E-state index contributed by atoms with van der Waals surface area (Å²) < 4.78 is 34.4. The minimum atomic E-state index is -4.23. The van der Waals surface area contributed by atoms with Crippen molar-refractivity contribution in [3.05, 3.63) is 70.3 Å². The van der Waals surface area contributed by atoms with Crippen LogP contribution in [0.1, 0.15) is 60.0 Å². The largest absolute Gasteiger partial charge is 0.490 e. The number of carbonyl (C=O) groups is 1. The second kappa shape index (κ2) is 11.0. The Bertz CT molecular complexity index is 1540. The van der Waals surface area contributed by atoms with Gasteiger partial charge in [-0.25, -0.2) is 13.1 Å². The molecule has 2 aliphatic carbocycles. The van der Waals surface area contributed by atoms with Gasteiger partial charge in [-0.1, -0.05) is 29.8 Å². The average molecular weight is 596 g/mol. The third-order valence-electron chi connectivity index (χ3n) is 9.35. The van der Waals surface area contributed by atoms with Crippen molar-refractivity contribution in [2.75, 3.05) is 24.6 Å². The molecule has 1 amide bonds. The summed E-state index contributed by atoms with van der Waals surface area (Å²) in [7, 11) is -4.23. The van der Waals surface area contributed by atoms with Crippen LogP contribution < -0.4 is 14.4 Å². The molecule has 216 valence electrons. The minimum absolute atomic E-state index is 0.0248. The van der Waals surface area contributed by atoms with Crippen LogP contribution in [0.15, 0.2) is 48.6 Å². The number of ether oxygens (including phenoxy) is 1. The van der Waals surface area contributed by atoms with E-state index in [-0.39, 0.29) is 29.2 Å². The number of aryl methyl sites for hydroxylation is 1. The molecular weight excluding hydrogens is 562 g/mol. The van der Waals surface area contributed by atoms with Crippen LogP contribution in [-0.2, 0) is 21.9 Å². The SMILES string of the molecule is N#C[C@H]1CC/C=C\[C@H](O)[C@@H]2CC[C@H]2CN2C[C@@]3(CCCc4cc(Cl)ccc43)COc3ccc(cc32)C(=O)NS1(=O)=O. The predicted molar refractivity (Wildman–Crippen MR) is 157 cm³/mol. The lowest BCUT2D eigenvalue weighted by molar-refractivity contribution is 0.0456. The van der Waals surface area contributed by atoms with Crippen LogP contribution in [0.3, 0.4) is 0 Å². The van der Waals surface area contributed by atoms with Crippen molar-refractivity contribution in [2.45, 2.75) is 61.7 Å². The molecule has 0 radical (unpaired) electrons. The number of anilines is 1. The number of benzene rings is 2. The van der Waals surface area contributed by atoms with E-state index in [1.54, 1.807) is 30.4 Å². The smallest absolute Gasteiger partial charge is 0.264 e. The molecule has 1 fully saturated rings. The number of halogens is 1. The molecule has 2 aromatic carbocycles. The summed E-state index contributed by atoms with van der Waals surface area (Å²) in [5.74, 6) is 0.171. The molecule has 6 rings (SSSR count). The highest BCUT2D eigenvalue weighted by atomic mass is 35.5. The van der Waals surface area contributed by atoms with Crippen molar-refractivity contribution in [1.82, 2.24) is 4.72 Å². The zero-order chi connectivity index (χ0) is 28.8. The second-order valence-corrected chi connectivity index (χ2v) is 14.2. The monoisotopic (exact) mass is 595 g/mol. The van der Waals surface area contributed by atoms with Crippen molar-refractivity contribution in [3.8, 4) is 11.8 Å². The van der Waals surface area contributed by atoms with Gasteiger partial charge in [0.2, 0.25) is 0 Å². The second-order valence-electron chi connectivity index (χ2n) is 11.9. The van der Waals surface area contributed by atoms with Gasteiger partial charge < -0.3 is 14.7 Å². The third kappa shape index (κ3) is 5.33. The summed E-state index contributed by atoms with van der Waals surface area (Å²) in [6.07, 6.45) is 7.92. The van der Waals surface area contributed by atoms with Gasteiger partial charge in [-0.05, 0) is 98.2 Å². The van der Waals surface area contributed by atoms with E-state index in [0.29, 0.717) is 36.9 Å². The number of allylic oxidation sites excluding steroid dienone is 1. The molecule has 8 nitrogen and oxygen atoms in total. The zero-order valence-corrected chi connectivity index (χ0v) is 24.3. The van der Waals surface area contributed by atoms with Gasteiger partial charge in [0.25, 0.3) is 15.9 Å². The molecule has 5 atom stereocenters. The molecule has 2 bridgehead atoms. The highest BCUT2D eigenvalue weighted by molar-refractivity contribution is 7.90. The van der Waals surface area contributed by atoms with Gasteiger partial charge in [0.15, 0.2) is 5.25 Å². The Hall–Kier alpha value is -3.06. The molecule has 1 spiro atoms. The van der Waals surface area contributed by atoms with Crippen LogP contribution in [0.5, 0.6) is 5.75 Å². The maximum absolute atomic E-state index is 13.2. The van der Waals surface area contributed by atoms with E-state index in [2.05, 4.69) is 15.7 Å². The number of nitrogens with one attached hydrogen (secondary N) is 1. The fourth-order valence-electron chi connectivity index (χ4n) is 6.98. The number of rotatable bonds is 0. The molecule has 2 aromatic rings. The molecule has 2 heterocycles. The van der Waals surface area contributed by atoms with Gasteiger partial charge in [0, 0.05) is 29.1 Å². The Labute approximate surface area is 246 Å². The van der Waals surface area contributed by atoms with Crippen LogP contribution in [0.25, 0.3) is 0 Å². The van der Waals surface area contributed by atoms with Gasteiger partial charge in [0.1, 0.15) is 5.75 Å². The van der Waals surface area contributed by atoms with Gasteiger partial charge >= 0.3 is 0 Å². The van der Waals surface area contributed by atoms with Gasteiger partial charge in [-0.15, -0.1) is 0 Å². The lowest BCUT2D eigenvalue weighted by Gasteiger charge is -2.45. The van der Waals surface area contributed by atoms with Crippen molar-refractivity contribution < 1.29 is 23.1 Å². The van der Waals surface area contributed by atoms with Gasteiger partial charge in [0.05, 0.1) is 24.5 Å². The van der Waals surface area contributed by atoms with E-state index in [4.69, 9.17) is 16.3 Å². The Morgan fingerprint density at radius 1 is 1.17 bits per heavy atom. The van der Waals surface area contributed by atoms with E-state index >= 15 is 0 Å². The number of fused-ring (bicyclic) bond motifs is 4. The first kappa shape index (κ1) is 28.1. The average Bonchev–Trinajstić information content (AvgIpc) is 3.07. The van der Waals surface area contributed by atoms with Gasteiger partial charge in [-0.3, -0.25) is 4.79 Å². The summed E-state index contributed by atoms with van der Waals surface area (Å²) in [4.78, 5) is 15.5. The highest BCUT2D eigenvalue weighted by Crippen LogP contribution is 2.46. The summed E-state index contributed by atoms with van der Waals surface area (Å²) in [6, 6.07) is 12.9. The number of carbonyl (C=O) groups excluding carboxylic acids is 1. The first-order valence-electron chi connectivity index (χ1n) is 14.3. The highest BCUT2D eigenvalue weighted by Gasteiger charge is 2.44. The van der Waals surface area contributed by atoms with E-state index in [9.17, 15) is 23.6 Å². The first-order valence-corrected chi connectivity index (χ1v) is 16.2. The van der Waals surface area contributed by atoms with Crippen molar-refractivity contribution in [3.63, 3.8) is 0 Å². The topological polar surface area (TPSA) is 120 Å². The van der Waals surface area contributed by atoms with Crippen molar-refractivity contribution >= 4 is 33.2 Å². The third-order valence-corrected chi connectivity index (χ3v) is 11.1. The van der Waals surface area contributed by atoms with Gasteiger partial charge in [-0.2, -0.15) is 5.26 Å². The number of nitriles is 1. The lowest BCUT2D eigenvalue weighted by atomic mass is 9.68. The summed E-state index contributed by atoms with van der Waals surface area (Å²) in [5, 5.41) is 19.9. The summed E-state index contributed by atoms with van der Waals surface area (Å²) in [5.41, 5.74) is 3.08. The number of nitrogens with zero attached hydrogens (tertiary/aromatic N) is 2. The predicted octanol–water partition coefficient (Wildman–Crippen LogP) is 4.50. The normalized spacial score (nSPS) is 31.7. The minimum Gasteiger partial charge on any atom is -0.490 e. The van der Waals surface area contributed by atoms with Crippen molar-refractivity contribution in [2.24, 2.45) is 11.8 Å². The Balaban J connectivity index is 1.42. The molecule has 2 aliphatic heterocycles. The molecule has 1 saturated carbocycles. The van der Waals surface area contributed by atoms with Crippen LogP contribution in [-0.4, -0.2) is 50.5 Å². The standard InChI is InChI=1S/C31H34ClN3O5S/c32-23-9-11-26-20(14-23)4-3-13-31(26)18-35-17-22-7-10-25(22)28(36)6-2-1-5-24(16-33)41(38,39)34-30(37)21-8-12-29(40-19-31)27(35)15-21/h2,6,8-9,11-12,14-15,22,24-25,28,36H,1,3-5,7,10,13,17-19H2,(H,34,37)/b6-2-/t22-,24+,25+,28-,31-/m0/s1. The molecule has 0 saturated heterocycles. The Kier molecular flexibility index (Phi) is 7.52. The molecule has 41 heavy (non-hydrogen) atoms. The lowest BCUT2D eigenvalue weighted by Crippen LogP contribution is -2.49. The van der Waals surface area contributed by atoms with Crippen LogP contribution in [0, 0.1) is 23.2 Å². The molecular formula is C31H34ClN3O5S. The van der Waals surface area contributed by atoms with E-state index in [1.165, 1.54) is 11.1 Å². The van der Waals surface area contributed by atoms with Crippen LogP contribution in [0.2, 0.25) is 5.02 Å². The maximum atomic E-state index is 13.2. The number of sulfonamides is 1. The van der Waals surface area contributed by atoms with E-state index in [0.717, 1.165) is 37.8 Å². The number of amides is 1. The number of hydrogen-bond donors (Lipinski definition) is 2.